The first-order valence-electron chi connectivity index (χ1n) is 13.8. The van der Waals surface area contributed by atoms with E-state index in [2.05, 4.69) is 69.2 Å². The van der Waals surface area contributed by atoms with Gasteiger partial charge >= 0.3 is 0 Å². The van der Waals surface area contributed by atoms with Crippen LogP contribution in [0.25, 0.3) is 11.2 Å². The van der Waals surface area contributed by atoms with Gasteiger partial charge in [0.25, 0.3) is 0 Å². The highest BCUT2D eigenvalue weighted by Crippen LogP contribution is 2.75. The molecule has 2 aliphatic heterocycles. The van der Waals surface area contributed by atoms with Crippen molar-refractivity contribution in [3.8, 4) is 0 Å². The predicted octanol–water partition coefficient (Wildman–Crippen LogP) is 5.57. The van der Waals surface area contributed by atoms with Crippen LogP contribution in [0.3, 0.4) is 0 Å². The highest BCUT2D eigenvalue weighted by Gasteiger charge is 2.55. The van der Waals surface area contributed by atoms with Gasteiger partial charge in [0, 0.05) is 4.75 Å². The van der Waals surface area contributed by atoms with Gasteiger partial charge in [0.15, 0.2) is 26.0 Å². The molecule has 14 heteroatoms. The predicted molar refractivity (Wildman–Crippen MR) is 165 cm³/mol. The number of imidazole rings is 1. The van der Waals surface area contributed by atoms with E-state index in [-0.39, 0.29) is 28.3 Å². The molecule has 0 bridgehead atoms. The minimum atomic E-state index is -2.65. The normalized spacial score (nSPS) is 36.7. The number of nitrogens with zero attached hydrogens (tertiary/aromatic N) is 4. The van der Waals surface area contributed by atoms with Gasteiger partial charge in [-0.1, -0.05) is 44.3 Å². The number of hydrogen-bond acceptors (Lipinski definition) is 11. The maximum atomic E-state index is 11.6. The molecule has 1 unspecified atom stereocenters. The Morgan fingerprint density at radius 3 is 2.77 bits per heavy atom. The van der Waals surface area contributed by atoms with Gasteiger partial charge < -0.3 is 29.1 Å². The molecule has 3 aliphatic rings. The number of aromatic nitrogens is 4. The van der Waals surface area contributed by atoms with Crippen LogP contribution in [-0.2, 0) is 30.0 Å². The van der Waals surface area contributed by atoms with Crippen molar-refractivity contribution in [2.24, 2.45) is 5.92 Å². The van der Waals surface area contributed by atoms with E-state index < -0.39 is 38.6 Å². The van der Waals surface area contributed by atoms with E-state index in [1.54, 1.807) is 22.3 Å². The fraction of sp³-hybridized carbons (Fsp3) is 0.731. The van der Waals surface area contributed by atoms with Crippen LogP contribution in [0.4, 0.5) is 5.82 Å². The van der Waals surface area contributed by atoms with Crippen molar-refractivity contribution in [1.82, 2.24) is 19.5 Å². The Balaban J connectivity index is 1.38. The van der Waals surface area contributed by atoms with Gasteiger partial charge in [-0.2, -0.15) is 0 Å². The number of allylic oxidation sites excluding steroid dienone is 1. The number of fused-ring (bicyclic) bond motifs is 2. The monoisotopic (exact) mass is 627 g/mol. The SMILES string of the molecule is C=C(C)[C@@H]1CC[C@]2(C)S[P@@](=S)(OC[C@H]3O[C@@H](n4cnc5c(N)ncnc54)[C@H](O)C3O[Si](C)(C)C(C)(C)C)O[C@H]2C1. The first-order chi connectivity index (χ1) is 18.5. The average molecular weight is 628 g/mol. The van der Waals surface area contributed by atoms with E-state index in [1.165, 1.54) is 11.9 Å². The molecule has 0 radical (unpaired) electrons. The lowest BCUT2D eigenvalue weighted by molar-refractivity contribution is -0.0475. The number of ether oxygens (including phenoxy) is 1. The molecule has 3 N–H and O–H groups in total. The second kappa shape index (κ2) is 10.7. The van der Waals surface area contributed by atoms with Gasteiger partial charge in [0.2, 0.25) is 5.69 Å². The van der Waals surface area contributed by atoms with Crippen LogP contribution < -0.4 is 5.73 Å². The van der Waals surface area contributed by atoms with Gasteiger partial charge in [0.05, 0.1) is 19.0 Å². The third kappa shape index (κ3) is 5.58. The van der Waals surface area contributed by atoms with Crippen molar-refractivity contribution >= 4 is 54.2 Å². The molecule has 2 aromatic heterocycles. The zero-order valence-electron chi connectivity index (χ0n) is 24.4. The highest BCUT2D eigenvalue weighted by molar-refractivity contribution is 8.68. The summed E-state index contributed by atoms with van der Waals surface area (Å²) < 4.78 is 27.8. The molecule has 0 spiro atoms. The van der Waals surface area contributed by atoms with Crippen LogP contribution in [0.15, 0.2) is 24.8 Å². The standard InChI is InChI=1S/C26H42N5O5PS2Si/c1-15(2)16-9-10-26(6)18(11-16)35-37(38,39-26)33-12-17-21(36-40(7,8)25(3,4)5)20(32)24(34-17)31-14-30-19-22(27)28-13-29-23(19)31/h13-14,16-18,20-21,24,32H,1,9-12H2,2-8H3,(H2,27,28,29)/t16-,17-,18+,20-,21?,24-,26+,37+/m1/s1. The lowest BCUT2D eigenvalue weighted by Gasteiger charge is -2.40. The van der Waals surface area contributed by atoms with Crippen LogP contribution in [0.5, 0.6) is 0 Å². The van der Waals surface area contributed by atoms with Gasteiger partial charge in [-0.25, -0.2) is 15.0 Å². The molecule has 0 amide bonds. The van der Waals surface area contributed by atoms with Gasteiger partial charge in [-0.15, -0.1) is 0 Å². The number of aliphatic hydroxyl groups excluding tert-OH is 1. The Hall–Kier alpha value is -0.893. The molecule has 10 nitrogen and oxygen atoms in total. The second-order valence-electron chi connectivity index (χ2n) is 13.0. The van der Waals surface area contributed by atoms with Crippen molar-refractivity contribution in [2.45, 2.75) is 107 Å². The summed E-state index contributed by atoms with van der Waals surface area (Å²) in [6.45, 7) is 19.5. The minimum Gasteiger partial charge on any atom is -0.408 e. The smallest absolute Gasteiger partial charge is 0.248 e. The Morgan fingerprint density at radius 2 is 2.10 bits per heavy atom. The van der Waals surface area contributed by atoms with Crippen molar-refractivity contribution < 1.29 is 23.3 Å². The molecular weight excluding hydrogens is 586 g/mol. The summed E-state index contributed by atoms with van der Waals surface area (Å²) in [6, 6.07) is 0. The lowest BCUT2D eigenvalue weighted by atomic mass is 9.77. The minimum absolute atomic E-state index is 0.0309. The summed E-state index contributed by atoms with van der Waals surface area (Å²) in [5.74, 6) is 0.710. The number of rotatable bonds is 7. The van der Waals surface area contributed by atoms with E-state index in [0.717, 1.165) is 19.3 Å². The van der Waals surface area contributed by atoms with Crippen LogP contribution >= 0.6 is 17.1 Å². The molecular formula is C26H42N5O5PS2Si. The highest BCUT2D eigenvalue weighted by atomic mass is 32.9. The maximum absolute atomic E-state index is 11.6. The summed E-state index contributed by atoms with van der Waals surface area (Å²) in [4.78, 5) is 12.7. The zero-order chi connectivity index (χ0) is 29.3. The Morgan fingerprint density at radius 1 is 1.38 bits per heavy atom. The van der Waals surface area contributed by atoms with Crippen molar-refractivity contribution in [1.29, 1.82) is 0 Å². The molecule has 1 saturated carbocycles. The molecule has 4 heterocycles. The quantitative estimate of drug-likeness (QED) is 0.227. The number of aliphatic hydroxyl groups is 1. The van der Waals surface area contributed by atoms with Crippen molar-refractivity contribution in [3.05, 3.63) is 24.8 Å². The lowest BCUT2D eigenvalue weighted by Crippen LogP contribution is -2.49. The molecule has 0 aromatic carbocycles. The van der Waals surface area contributed by atoms with Crippen molar-refractivity contribution in [3.63, 3.8) is 0 Å². The van der Waals surface area contributed by atoms with Crippen LogP contribution in [-0.4, -0.2) is 68.7 Å². The number of anilines is 1. The van der Waals surface area contributed by atoms with E-state index in [9.17, 15) is 5.11 Å². The maximum Gasteiger partial charge on any atom is 0.248 e. The first kappa shape index (κ1) is 30.6. The van der Waals surface area contributed by atoms with Gasteiger partial charge in [0.1, 0.15) is 30.2 Å². The molecule has 1 aliphatic carbocycles. The molecule has 40 heavy (non-hydrogen) atoms. The third-order valence-electron chi connectivity index (χ3n) is 9.05. The number of nitrogens with two attached hydrogens (primary N) is 1. The summed E-state index contributed by atoms with van der Waals surface area (Å²) in [6.07, 6.45) is 2.98. The summed E-state index contributed by atoms with van der Waals surface area (Å²) in [5.41, 5.74) is 5.49. The Labute approximate surface area is 246 Å². The summed E-state index contributed by atoms with van der Waals surface area (Å²) in [5, 5.41) is 11.6. The summed E-state index contributed by atoms with van der Waals surface area (Å²) >= 11 is 7.70. The molecule has 2 saturated heterocycles. The van der Waals surface area contributed by atoms with Gasteiger partial charge in [-0.3, -0.25) is 4.57 Å². The van der Waals surface area contributed by atoms with Gasteiger partial charge in [-0.05, 0) is 69.0 Å². The largest absolute Gasteiger partial charge is 0.408 e. The summed E-state index contributed by atoms with van der Waals surface area (Å²) in [7, 11) is -2.29. The molecule has 2 aromatic rings. The van der Waals surface area contributed by atoms with E-state index in [0.29, 0.717) is 17.1 Å². The first-order valence-corrected chi connectivity index (χ1v) is 20.7. The van der Waals surface area contributed by atoms with E-state index in [4.69, 9.17) is 35.8 Å². The zero-order valence-corrected chi connectivity index (χ0v) is 27.9. The third-order valence-corrected chi connectivity index (χ3v) is 19.3. The molecule has 5 rings (SSSR count). The van der Waals surface area contributed by atoms with Crippen LogP contribution in [0, 0.1) is 5.92 Å². The Bertz CT molecular complexity index is 1340. The van der Waals surface area contributed by atoms with Crippen LogP contribution in [0.2, 0.25) is 18.1 Å². The topological polar surface area (TPSA) is 127 Å². The fourth-order valence-corrected chi connectivity index (χ4v) is 13.9. The number of nitrogen functional groups attached to an aromatic ring is 1. The molecule has 222 valence electrons. The van der Waals surface area contributed by atoms with E-state index in [1.807, 2.05) is 0 Å². The fourth-order valence-electron chi connectivity index (χ4n) is 5.41. The second-order valence-corrected chi connectivity index (χ2v) is 24.4. The van der Waals surface area contributed by atoms with E-state index >= 15 is 0 Å². The van der Waals surface area contributed by atoms with Crippen molar-refractivity contribution in [2.75, 3.05) is 12.3 Å². The Kier molecular flexibility index (Phi) is 8.16. The average Bonchev–Trinajstić information content (AvgIpc) is 3.48. The number of hydrogen-bond donors (Lipinski definition) is 2. The van der Waals surface area contributed by atoms with Crippen LogP contribution in [0.1, 0.15) is 60.1 Å². The molecule has 3 fully saturated rings. The molecule has 8 atom stereocenters.